The SMILES string of the molecule is CN(C)c1nc(N)nc(/C(C#N)=C\c2cccc(OCc3cccc(C#N)c3)c2)n1. The second kappa shape index (κ2) is 9.18. The molecule has 8 nitrogen and oxygen atoms in total. The van der Waals surface area contributed by atoms with E-state index in [0.717, 1.165) is 11.1 Å². The molecule has 30 heavy (non-hydrogen) atoms. The molecule has 0 aliphatic rings. The minimum Gasteiger partial charge on any atom is -0.489 e. The number of nitriles is 2. The number of benzene rings is 2. The van der Waals surface area contributed by atoms with Gasteiger partial charge < -0.3 is 15.4 Å². The van der Waals surface area contributed by atoms with Crippen molar-refractivity contribution in [1.82, 2.24) is 15.0 Å². The lowest BCUT2D eigenvalue weighted by molar-refractivity contribution is 0.306. The molecule has 0 aliphatic carbocycles. The molecule has 0 amide bonds. The summed E-state index contributed by atoms with van der Waals surface area (Å²) < 4.78 is 5.83. The smallest absolute Gasteiger partial charge is 0.230 e. The Bertz CT molecular complexity index is 1170. The maximum atomic E-state index is 9.60. The molecule has 0 spiro atoms. The Balaban J connectivity index is 1.83. The van der Waals surface area contributed by atoms with E-state index >= 15 is 0 Å². The van der Waals surface area contributed by atoms with Gasteiger partial charge in [0.2, 0.25) is 11.9 Å². The second-order valence-corrected chi connectivity index (χ2v) is 6.55. The summed E-state index contributed by atoms with van der Waals surface area (Å²) in [4.78, 5) is 14.1. The summed E-state index contributed by atoms with van der Waals surface area (Å²) in [5, 5.41) is 18.6. The van der Waals surface area contributed by atoms with Crippen LogP contribution < -0.4 is 15.4 Å². The summed E-state index contributed by atoms with van der Waals surface area (Å²) in [7, 11) is 3.56. The van der Waals surface area contributed by atoms with Gasteiger partial charge in [-0.15, -0.1) is 0 Å². The highest BCUT2D eigenvalue weighted by molar-refractivity contribution is 5.87. The fraction of sp³-hybridized carbons (Fsp3) is 0.136. The molecule has 1 heterocycles. The van der Waals surface area contributed by atoms with Gasteiger partial charge in [0.1, 0.15) is 18.4 Å². The summed E-state index contributed by atoms with van der Waals surface area (Å²) in [6.45, 7) is 0.323. The van der Waals surface area contributed by atoms with Crippen LogP contribution in [0.25, 0.3) is 11.6 Å². The third-order valence-electron chi connectivity index (χ3n) is 4.03. The molecule has 0 radical (unpaired) electrons. The van der Waals surface area contributed by atoms with Crippen LogP contribution in [0.3, 0.4) is 0 Å². The van der Waals surface area contributed by atoms with Gasteiger partial charge in [-0.2, -0.15) is 25.5 Å². The monoisotopic (exact) mass is 397 g/mol. The molecule has 0 atom stereocenters. The van der Waals surface area contributed by atoms with E-state index in [1.807, 2.05) is 36.4 Å². The van der Waals surface area contributed by atoms with Crippen LogP contribution >= 0.6 is 0 Å². The Hall–Kier alpha value is -4.43. The van der Waals surface area contributed by atoms with Crippen LogP contribution in [0.1, 0.15) is 22.5 Å². The van der Waals surface area contributed by atoms with Crippen molar-refractivity contribution in [3.8, 4) is 17.9 Å². The Morgan fingerprint density at radius 2 is 1.90 bits per heavy atom. The Morgan fingerprint density at radius 3 is 2.63 bits per heavy atom. The van der Waals surface area contributed by atoms with E-state index in [-0.39, 0.29) is 17.3 Å². The molecule has 2 aromatic carbocycles. The van der Waals surface area contributed by atoms with Crippen molar-refractivity contribution in [2.75, 3.05) is 24.7 Å². The molecule has 0 saturated carbocycles. The lowest BCUT2D eigenvalue weighted by Gasteiger charge is -2.11. The zero-order valence-corrected chi connectivity index (χ0v) is 16.6. The second-order valence-electron chi connectivity index (χ2n) is 6.55. The van der Waals surface area contributed by atoms with Gasteiger partial charge in [0.05, 0.1) is 17.2 Å². The summed E-state index contributed by atoms with van der Waals surface area (Å²) in [6, 6.07) is 18.8. The number of rotatable bonds is 6. The highest BCUT2D eigenvalue weighted by atomic mass is 16.5. The predicted octanol–water partition coefficient (Wildman–Crippen LogP) is 3.03. The summed E-state index contributed by atoms with van der Waals surface area (Å²) >= 11 is 0. The molecule has 148 valence electrons. The fourth-order valence-electron chi connectivity index (χ4n) is 2.61. The van der Waals surface area contributed by atoms with E-state index in [4.69, 9.17) is 15.7 Å². The van der Waals surface area contributed by atoms with E-state index in [1.54, 1.807) is 37.2 Å². The topological polar surface area (TPSA) is 125 Å². The van der Waals surface area contributed by atoms with Crippen LogP contribution in [0, 0.1) is 22.7 Å². The van der Waals surface area contributed by atoms with Gasteiger partial charge >= 0.3 is 0 Å². The van der Waals surface area contributed by atoms with E-state index in [0.29, 0.717) is 23.9 Å². The summed E-state index contributed by atoms with van der Waals surface area (Å²) in [5.41, 5.74) is 8.24. The number of nitrogens with zero attached hydrogens (tertiary/aromatic N) is 6. The molecule has 1 aromatic heterocycles. The van der Waals surface area contributed by atoms with Gasteiger partial charge in [0.15, 0.2) is 5.82 Å². The van der Waals surface area contributed by atoms with E-state index in [9.17, 15) is 5.26 Å². The van der Waals surface area contributed by atoms with Crippen LogP contribution in [-0.2, 0) is 6.61 Å². The largest absolute Gasteiger partial charge is 0.489 e. The lowest BCUT2D eigenvalue weighted by Crippen LogP contribution is -2.15. The minimum absolute atomic E-state index is 0.0431. The fourth-order valence-corrected chi connectivity index (χ4v) is 2.61. The molecular formula is C22H19N7O. The maximum absolute atomic E-state index is 9.60. The summed E-state index contributed by atoms with van der Waals surface area (Å²) in [5.74, 6) is 1.25. The van der Waals surface area contributed by atoms with Crippen molar-refractivity contribution in [3.05, 3.63) is 71.0 Å². The maximum Gasteiger partial charge on any atom is 0.230 e. The van der Waals surface area contributed by atoms with Crippen LogP contribution in [0.15, 0.2) is 48.5 Å². The minimum atomic E-state index is 0.0431. The standard InChI is InChI=1S/C22H19N7O/c1-29(2)22-27-20(26-21(25)28-22)18(13-24)10-15-5-4-8-19(11-15)30-14-17-7-3-6-16(9-17)12-23/h3-11H,14H2,1-2H3,(H2,25,26,27,28)/b18-10-. The van der Waals surface area contributed by atoms with Gasteiger partial charge in [-0.05, 0) is 41.5 Å². The number of anilines is 2. The zero-order valence-electron chi connectivity index (χ0n) is 16.6. The van der Waals surface area contributed by atoms with E-state index < -0.39 is 0 Å². The van der Waals surface area contributed by atoms with E-state index in [1.165, 1.54) is 0 Å². The number of aromatic nitrogens is 3. The van der Waals surface area contributed by atoms with Crippen molar-refractivity contribution < 1.29 is 4.74 Å². The third-order valence-corrected chi connectivity index (χ3v) is 4.03. The first-order chi connectivity index (χ1) is 14.5. The average molecular weight is 397 g/mol. The molecule has 0 unspecified atom stereocenters. The third kappa shape index (κ3) is 5.09. The Morgan fingerprint density at radius 1 is 1.10 bits per heavy atom. The quantitative estimate of drug-likeness (QED) is 0.629. The molecule has 0 fully saturated rings. The molecular weight excluding hydrogens is 378 g/mol. The van der Waals surface area contributed by atoms with Gasteiger partial charge in [-0.1, -0.05) is 24.3 Å². The lowest BCUT2D eigenvalue weighted by atomic mass is 10.1. The van der Waals surface area contributed by atoms with E-state index in [2.05, 4.69) is 27.1 Å². The van der Waals surface area contributed by atoms with Gasteiger partial charge in [0.25, 0.3) is 0 Å². The number of allylic oxidation sites excluding steroid dienone is 1. The zero-order chi connectivity index (χ0) is 21.5. The molecule has 3 rings (SSSR count). The number of nitrogen functional groups attached to an aromatic ring is 1. The van der Waals surface area contributed by atoms with Crippen molar-refractivity contribution in [1.29, 1.82) is 10.5 Å². The van der Waals surface area contributed by atoms with Crippen molar-refractivity contribution >= 4 is 23.5 Å². The van der Waals surface area contributed by atoms with Crippen molar-refractivity contribution in [3.63, 3.8) is 0 Å². The van der Waals surface area contributed by atoms with Gasteiger partial charge in [-0.3, -0.25) is 0 Å². The number of hydrogen-bond acceptors (Lipinski definition) is 8. The van der Waals surface area contributed by atoms with Gasteiger partial charge in [0, 0.05) is 14.1 Å². The molecule has 0 aliphatic heterocycles. The first-order valence-electron chi connectivity index (χ1n) is 9.01. The van der Waals surface area contributed by atoms with Gasteiger partial charge in [-0.25, -0.2) is 0 Å². The molecule has 3 aromatic rings. The first-order valence-corrected chi connectivity index (χ1v) is 9.01. The number of nitrogens with two attached hydrogens (primary N) is 1. The molecule has 2 N–H and O–H groups in total. The van der Waals surface area contributed by atoms with Crippen LogP contribution in [-0.4, -0.2) is 29.0 Å². The first kappa shape index (κ1) is 20.3. The Labute approximate surface area is 174 Å². The van der Waals surface area contributed by atoms with Crippen LogP contribution in [0.2, 0.25) is 0 Å². The summed E-state index contributed by atoms with van der Waals surface area (Å²) in [6.07, 6.45) is 1.66. The molecule has 0 saturated heterocycles. The number of hydrogen-bond donors (Lipinski definition) is 1. The molecule has 0 bridgehead atoms. The number of ether oxygens (including phenoxy) is 1. The average Bonchev–Trinajstić information content (AvgIpc) is 2.76. The van der Waals surface area contributed by atoms with Crippen molar-refractivity contribution in [2.45, 2.75) is 6.61 Å². The molecule has 8 heteroatoms. The van der Waals surface area contributed by atoms with Crippen LogP contribution in [0.5, 0.6) is 5.75 Å². The van der Waals surface area contributed by atoms with Crippen molar-refractivity contribution in [2.24, 2.45) is 0 Å². The highest BCUT2D eigenvalue weighted by Gasteiger charge is 2.11. The highest BCUT2D eigenvalue weighted by Crippen LogP contribution is 2.21. The Kier molecular flexibility index (Phi) is 6.21. The normalized spacial score (nSPS) is 10.7. The predicted molar refractivity (Wildman–Crippen MR) is 114 cm³/mol. The van der Waals surface area contributed by atoms with Crippen LogP contribution in [0.4, 0.5) is 11.9 Å².